The molecule has 4 nitrogen and oxygen atoms in total. The number of esters is 1. The van der Waals surface area contributed by atoms with Gasteiger partial charge in [0, 0.05) is 30.6 Å². The number of hydrogen-bond donors (Lipinski definition) is 1. The quantitative estimate of drug-likeness (QED) is 0.856. The van der Waals surface area contributed by atoms with E-state index < -0.39 is 12.0 Å². The molecule has 0 aliphatic carbocycles. The van der Waals surface area contributed by atoms with Crippen LogP contribution in [0, 0.1) is 5.82 Å². The first kappa shape index (κ1) is 13.5. The van der Waals surface area contributed by atoms with Gasteiger partial charge in [0.1, 0.15) is 11.9 Å². The lowest BCUT2D eigenvalue weighted by Crippen LogP contribution is -2.34. The highest BCUT2D eigenvalue weighted by Gasteiger charge is 2.18. The maximum Gasteiger partial charge on any atom is 0.323 e. The number of aryl methyl sites for hydroxylation is 1. The summed E-state index contributed by atoms with van der Waals surface area (Å²) in [6.45, 7) is 2.04. The van der Waals surface area contributed by atoms with E-state index in [1.165, 1.54) is 12.1 Å². The molecule has 1 atom stereocenters. The fourth-order valence-corrected chi connectivity index (χ4v) is 2.18. The zero-order valence-electron chi connectivity index (χ0n) is 11.0. The number of nitrogens with zero attached hydrogens (tertiary/aromatic N) is 1. The number of benzene rings is 1. The van der Waals surface area contributed by atoms with Crippen LogP contribution in [0.15, 0.2) is 24.4 Å². The van der Waals surface area contributed by atoms with E-state index in [4.69, 9.17) is 10.5 Å². The minimum atomic E-state index is -0.728. The van der Waals surface area contributed by atoms with Gasteiger partial charge in [-0.25, -0.2) is 4.39 Å². The Hall–Kier alpha value is -1.88. The van der Waals surface area contributed by atoms with E-state index in [1.54, 1.807) is 13.0 Å². The van der Waals surface area contributed by atoms with E-state index in [2.05, 4.69) is 0 Å². The van der Waals surface area contributed by atoms with E-state index in [-0.39, 0.29) is 5.82 Å². The second-order valence-corrected chi connectivity index (χ2v) is 4.49. The fraction of sp³-hybridized carbons (Fsp3) is 0.357. The average molecular weight is 264 g/mol. The lowest BCUT2D eigenvalue weighted by Gasteiger charge is -2.09. The van der Waals surface area contributed by atoms with Crippen molar-refractivity contribution in [3.8, 4) is 0 Å². The van der Waals surface area contributed by atoms with Gasteiger partial charge in [-0.15, -0.1) is 0 Å². The van der Waals surface area contributed by atoms with E-state index in [1.807, 2.05) is 17.8 Å². The van der Waals surface area contributed by atoms with Crippen LogP contribution in [0.3, 0.4) is 0 Å². The standard InChI is InChI=1S/C14H17FN2O2/c1-3-19-14(18)12(16)6-9-8-17(2)13-5-4-10(15)7-11(9)13/h4-5,7-8,12H,3,6,16H2,1-2H3. The molecular weight excluding hydrogens is 247 g/mol. The molecular formula is C14H17FN2O2. The highest BCUT2D eigenvalue weighted by molar-refractivity contribution is 5.85. The monoisotopic (exact) mass is 264 g/mol. The third kappa shape index (κ3) is 2.76. The average Bonchev–Trinajstić information content (AvgIpc) is 2.66. The van der Waals surface area contributed by atoms with Crippen molar-refractivity contribution in [2.75, 3.05) is 6.61 Å². The first-order valence-electron chi connectivity index (χ1n) is 6.18. The Morgan fingerprint density at radius 2 is 2.26 bits per heavy atom. The van der Waals surface area contributed by atoms with Crippen LogP contribution in [0.4, 0.5) is 4.39 Å². The molecule has 5 heteroatoms. The Kier molecular flexibility index (Phi) is 3.85. The van der Waals surface area contributed by atoms with Crippen LogP contribution < -0.4 is 5.73 Å². The number of rotatable bonds is 4. The normalized spacial score (nSPS) is 12.6. The Labute approximate surface area is 111 Å². The van der Waals surface area contributed by atoms with E-state index in [0.29, 0.717) is 13.0 Å². The van der Waals surface area contributed by atoms with Gasteiger partial charge in [0.2, 0.25) is 0 Å². The largest absolute Gasteiger partial charge is 0.465 e. The van der Waals surface area contributed by atoms with Gasteiger partial charge >= 0.3 is 5.97 Å². The van der Waals surface area contributed by atoms with Crippen LogP contribution in [0.1, 0.15) is 12.5 Å². The van der Waals surface area contributed by atoms with Crippen LogP contribution in [0.5, 0.6) is 0 Å². The molecule has 0 saturated carbocycles. The first-order chi connectivity index (χ1) is 9.02. The summed E-state index contributed by atoms with van der Waals surface area (Å²) in [7, 11) is 1.87. The number of carbonyl (C=O) groups is 1. The van der Waals surface area contributed by atoms with Crippen molar-refractivity contribution >= 4 is 16.9 Å². The topological polar surface area (TPSA) is 57.2 Å². The summed E-state index contributed by atoms with van der Waals surface area (Å²) in [5.41, 5.74) is 7.55. The molecule has 0 spiro atoms. The third-order valence-corrected chi connectivity index (χ3v) is 3.06. The molecule has 1 aromatic heterocycles. The molecule has 0 fully saturated rings. The van der Waals surface area contributed by atoms with Gasteiger partial charge in [0.25, 0.3) is 0 Å². The Bertz CT molecular complexity index is 607. The Balaban J connectivity index is 2.30. The van der Waals surface area contributed by atoms with Gasteiger partial charge < -0.3 is 15.0 Å². The van der Waals surface area contributed by atoms with E-state index in [0.717, 1.165) is 16.5 Å². The predicted molar refractivity (Wildman–Crippen MR) is 71.2 cm³/mol. The molecule has 2 rings (SSSR count). The minimum absolute atomic E-state index is 0.301. The number of aromatic nitrogens is 1. The van der Waals surface area contributed by atoms with Crippen molar-refractivity contribution < 1.29 is 13.9 Å². The highest BCUT2D eigenvalue weighted by atomic mass is 19.1. The molecule has 1 unspecified atom stereocenters. The molecule has 0 aliphatic rings. The zero-order chi connectivity index (χ0) is 14.0. The zero-order valence-corrected chi connectivity index (χ0v) is 11.0. The summed E-state index contributed by atoms with van der Waals surface area (Å²) in [6, 6.07) is 3.86. The molecule has 0 bridgehead atoms. The molecule has 1 heterocycles. The van der Waals surface area contributed by atoms with Gasteiger partial charge in [-0.3, -0.25) is 4.79 Å². The molecule has 0 saturated heterocycles. The van der Waals surface area contributed by atoms with Gasteiger partial charge in [-0.2, -0.15) is 0 Å². The number of hydrogen-bond acceptors (Lipinski definition) is 3. The number of nitrogens with two attached hydrogens (primary N) is 1. The van der Waals surface area contributed by atoms with Crippen molar-refractivity contribution in [1.29, 1.82) is 0 Å². The molecule has 0 amide bonds. The van der Waals surface area contributed by atoms with E-state index >= 15 is 0 Å². The molecule has 0 radical (unpaired) electrons. The summed E-state index contributed by atoms with van der Waals surface area (Å²) in [5, 5.41) is 0.780. The Morgan fingerprint density at radius 1 is 1.53 bits per heavy atom. The maximum absolute atomic E-state index is 13.3. The van der Waals surface area contributed by atoms with E-state index in [9.17, 15) is 9.18 Å². The summed E-state index contributed by atoms with van der Waals surface area (Å²) in [4.78, 5) is 11.5. The predicted octanol–water partition coefficient (Wildman–Crippen LogP) is 1.75. The third-order valence-electron chi connectivity index (χ3n) is 3.06. The van der Waals surface area contributed by atoms with Crippen molar-refractivity contribution in [1.82, 2.24) is 4.57 Å². The van der Waals surface area contributed by atoms with Crippen LogP contribution in [0.2, 0.25) is 0 Å². The van der Waals surface area contributed by atoms with Crippen molar-refractivity contribution in [3.63, 3.8) is 0 Å². The number of ether oxygens (including phenoxy) is 1. The lowest BCUT2D eigenvalue weighted by molar-refractivity contribution is -0.144. The van der Waals surface area contributed by atoms with Crippen molar-refractivity contribution in [3.05, 3.63) is 35.8 Å². The lowest BCUT2D eigenvalue weighted by atomic mass is 10.1. The van der Waals surface area contributed by atoms with Crippen LogP contribution in [0.25, 0.3) is 10.9 Å². The summed E-state index contributed by atoms with van der Waals surface area (Å²) in [6.07, 6.45) is 2.20. The molecule has 2 N–H and O–H groups in total. The van der Waals surface area contributed by atoms with Crippen molar-refractivity contribution in [2.24, 2.45) is 12.8 Å². The maximum atomic E-state index is 13.3. The van der Waals surface area contributed by atoms with Gasteiger partial charge in [0.05, 0.1) is 6.61 Å². The fourth-order valence-electron chi connectivity index (χ4n) is 2.18. The second-order valence-electron chi connectivity index (χ2n) is 4.49. The Morgan fingerprint density at radius 3 is 2.95 bits per heavy atom. The number of carbonyl (C=O) groups excluding carboxylic acids is 1. The smallest absolute Gasteiger partial charge is 0.323 e. The number of fused-ring (bicyclic) bond motifs is 1. The molecule has 102 valence electrons. The molecule has 2 aromatic rings. The van der Waals surface area contributed by atoms with Crippen LogP contribution in [-0.4, -0.2) is 23.2 Å². The molecule has 1 aromatic carbocycles. The van der Waals surface area contributed by atoms with Crippen LogP contribution >= 0.6 is 0 Å². The van der Waals surface area contributed by atoms with Gasteiger partial charge in [0.15, 0.2) is 0 Å². The second kappa shape index (κ2) is 5.40. The van der Waals surface area contributed by atoms with Crippen molar-refractivity contribution in [2.45, 2.75) is 19.4 Å². The van der Waals surface area contributed by atoms with Gasteiger partial charge in [-0.05, 0) is 30.7 Å². The SMILES string of the molecule is CCOC(=O)C(N)Cc1cn(C)c2ccc(F)cc12. The first-order valence-corrected chi connectivity index (χ1v) is 6.18. The summed E-state index contributed by atoms with van der Waals surface area (Å²) < 4.78 is 20.1. The highest BCUT2D eigenvalue weighted by Crippen LogP contribution is 2.22. The van der Waals surface area contributed by atoms with Crippen LogP contribution in [-0.2, 0) is 23.0 Å². The minimum Gasteiger partial charge on any atom is -0.465 e. The molecule has 0 aliphatic heterocycles. The molecule has 19 heavy (non-hydrogen) atoms. The summed E-state index contributed by atoms with van der Waals surface area (Å²) in [5.74, 6) is -0.736. The summed E-state index contributed by atoms with van der Waals surface area (Å²) >= 11 is 0. The van der Waals surface area contributed by atoms with Gasteiger partial charge in [-0.1, -0.05) is 0 Å². The number of halogens is 1.